The van der Waals surface area contributed by atoms with Crippen molar-refractivity contribution in [3.8, 4) is 11.6 Å². The second-order valence-electron chi connectivity index (χ2n) is 5.46. The van der Waals surface area contributed by atoms with Crippen LogP contribution in [0.15, 0.2) is 47.1 Å². The van der Waals surface area contributed by atoms with Crippen LogP contribution in [-0.4, -0.2) is 30.0 Å². The number of pyridine rings is 1. The Bertz CT molecular complexity index is 670. The molecule has 0 aliphatic carbocycles. The van der Waals surface area contributed by atoms with E-state index in [0.717, 1.165) is 30.4 Å². The van der Waals surface area contributed by atoms with Crippen molar-refractivity contribution in [2.45, 2.75) is 18.9 Å². The molecule has 0 saturated carbocycles. The average Bonchev–Trinajstić information content (AvgIpc) is 2.56. The van der Waals surface area contributed by atoms with Crippen LogP contribution in [0.5, 0.6) is 11.6 Å². The topological polar surface area (TPSA) is 63.2 Å². The summed E-state index contributed by atoms with van der Waals surface area (Å²) in [6.07, 6.45) is 3.64. The first kappa shape index (κ1) is 16.0. The van der Waals surface area contributed by atoms with Gasteiger partial charge in [0.1, 0.15) is 5.75 Å². The first-order valence-electron chi connectivity index (χ1n) is 7.62. The zero-order valence-corrected chi connectivity index (χ0v) is 14.2. The van der Waals surface area contributed by atoms with Gasteiger partial charge in [0.05, 0.1) is 5.56 Å². The fourth-order valence-corrected chi connectivity index (χ4v) is 2.85. The zero-order chi connectivity index (χ0) is 16.1. The van der Waals surface area contributed by atoms with Gasteiger partial charge in [-0.2, -0.15) is 0 Å². The summed E-state index contributed by atoms with van der Waals surface area (Å²) in [5.41, 5.74) is 0.539. The number of rotatable bonds is 4. The molecule has 2 N–H and O–H groups in total. The van der Waals surface area contributed by atoms with Gasteiger partial charge in [0, 0.05) is 29.3 Å². The van der Waals surface area contributed by atoms with Crippen molar-refractivity contribution in [3.63, 3.8) is 0 Å². The molecule has 1 aromatic carbocycles. The van der Waals surface area contributed by atoms with Gasteiger partial charge >= 0.3 is 0 Å². The minimum absolute atomic E-state index is 0.0970. The van der Waals surface area contributed by atoms with Crippen LogP contribution in [0.3, 0.4) is 0 Å². The highest BCUT2D eigenvalue weighted by atomic mass is 79.9. The Morgan fingerprint density at radius 1 is 1.35 bits per heavy atom. The number of benzene rings is 1. The molecule has 1 atom stereocenters. The molecule has 2 aromatic rings. The molecule has 1 aliphatic rings. The van der Waals surface area contributed by atoms with E-state index in [2.05, 4.69) is 31.5 Å². The summed E-state index contributed by atoms with van der Waals surface area (Å²) in [6.45, 7) is 1.85. The van der Waals surface area contributed by atoms with Gasteiger partial charge in [-0.1, -0.05) is 22.0 Å². The van der Waals surface area contributed by atoms with E-state index < -0.39 is 0 Å². The van der Waals surface area contributed by atoms with Crippen LogP contribution in [0, 0.1) is 0 Å². The van der Waals surface area contributed by atoms with Gasteiger partial charge in [-0.3, -0.25) is 4.79 Å². The van der Waals surface area contributed by atoms with E-state index in [4.69, 9.17) is 4.74 Å². The number of piperidine rings is 1. The second kappa shape index (κ2) is 7.57. The van der Waals surface area contributed by atoms with Gasteiger partial charge in [0.25, 0.3) is 5.91 Å². The monoisotopic (exact) mass is 375 g/mol. The van der Waals surface area contributed by atoms with Crippen LogP contribution in [0.4, 0.5) is 0 Å². The van der Waals surface area contributed by atoms with Crippen molar-refractivity contribution in [2.24, 2.45) is 0 Å². The number of carbonyl (C=O) groups is 1. The van der Waals surface area contributed by atoms with Crippen LogP contribution in [0.25, 0.3) is 0 Å². The van der Waals surface area contributed by atoms with Crippen LogP contribution in [-0.2, 0) is 0 Å². The maximum atomic E-state index is 12.2. The molecule has 23 heavy (non-hydrogen) atoms. The van der Waals surface area contributed by atoms with Crippen molar-refractivity contribution >= 4 is 21.8 Å². The molecule has 0 bridgehead atoms. The Balaban J connectivity index is 1.61. The largest absolute Gasteiger partial charge is 0.439 e. The molecule has 3 rings (SSSR count). The number of halogens is 1. The quantitative estimate of drug-likeness (QED) is 0.861. The van der Waals surface area contributed by atoms with E-state index in [1.165, 1.54) is 0 Å². The molecule has 0 spiro atoms. The van der Waals surface area contributed by atoms with Crippen LogP contribution < -0.4 is 15.4 Å². The van der Waals surface area contributed by atoms with Gasteiger partial charge in [0.15, 0.2) is 0 Å². The standard InChI is InChI=1S/C17H18BrN3O2/c18-13-3-1-5-15(9-13)23-16-7-6-12(10-20-16)17(22)21-14-4-2-8-19-11-14/h1,3,5-7,9-10,14,19H,2,4,8,11H2,(H,21,22)/t14-/m0/s1. The van der Waals surface area contributed by atoms with E-state index in [1.54, 1.807) is 18.3 Å². The number of aromatic nitrogens is 1. The van der Waals surface area contributed by atoms with E-state index >= 15 is 0 Å². The van der Waals surface area contributed by atoms with Crippen molar-refractivity contribution in [1.82, 2.24) is 15.6 Å². The van der Waals surface area contributed by atoms with Crippen LogP contribution in [0.2, 0.25) is 0 Å². The number of nitrogens with zero attached hydrogens (tertiary/aromatic N) is 1. The van der Waals surface area contributed by atoms with Crippen LogP contribution >= 0.6 is 15.9 Å². The maximum Gasteiger partial charge on any atom is 0.253 e. The van der Waals surface area contributed by atoms with Gasteiger partial charge < -0.3 is 15.4 Å². The van der Waals surface area contributed by atoms with Crippen molar-refractivity contribution in [2.75, 3.05) is 13.1 Å². The maximum absolute atomic E-state index is 12.2. The highest BCUT2D eigenvalue weighted by Gasteiger charge is 2.16. The first-order valence-corrected chi connectivity index (χ1v) is 8.41. The average molecular weight is 376 g/mol. The summed E-state index contributed by atoms with van der Waals surface area (Å²) in [7, 11) is 0. The molecular formula is C17H18BrN3O2. The van der Waals surface area contributed by atoms with Crippen molar-refractivity contribution < 1.29 is 9.53 Å². The second-order valence-corrected chi connectivity index (χ2v) is 6.38. The number of carbonyl (C=O) groups excluding carboxylic acids is 1. The molecule has 120 valence electrons. The predicted molar refractivity (Wildman–Crippen MR) is 91.8 cm³/mol. The van der Waals surface area contributed by atoms with Gasteiger partial charge in [-0.25, -0.2) is 4.98 Å². The lowest BCUT2D eigenvalue weighted by Gasteiger charge is -2.23. The summed E-state index contributed by atoms with van der Waals surface area (Å²) in [4.78, 5) is 16.4. The third-order valence-electron chi connectivity index (χ3n) is 3.65. The van der Waals surface area contributed by atoms with E-state index in [1.807, 2.05) is 24.3 Å². The molecule has 6 heteroatoms. The molecule has 1 aliphatic heterocycles. The third kappa shape index (κ3) is 4.53. The molecule has 1 fully saturated rings. The summed E-state index contributed by atoms with van der Waals surface area (Å²) in [5, 5.41) is 6.30. The third-order valence-corrected chi connectivity index (χ3v) is 4.14. The highest BCUT2D eigenvalue weighted by molar-refractivity contribution is 9.10. The minimum Gasteiger partial charge on any atom is -0.439 e. The van der Waals surface area contributed by atoms with Crippen molar-refractivity contribution in [3.05, 3.63) is 52.6 Å². The van der Waals surface area contributed by atoms with Gasteiger partial charge in [-0.05, 0) is 43.7 Å². The minimum atomic E-state index is -0.0970. The number of ether oxygens (including phenoxy) is 1. The molecule has 1 amide bonds. The molecular weight excluding hydrogens is 358 g/mol. The SMILES string of the molecule is O=C(N[C@H]1CCCNC1)c1ccc(Oc2cccc(Br)c2)nc1. The van der Waals surface area contributed by atoms with Gasteiger partial charge in [0.2, 0.25) is 5.88 Å². The number of nitrogens with one attached hydrogen (secondary N) is 2. The molecule has 1 aromatic heterocycles. The fraction of sp³-hybridized carbons (Fsp3) is 0.294. The number of hydrogen-bond donors (Lipinski definition) is 2. The summed E-state index contributed by atoms with van der Waals surface area (Å²) in [5.74, 6) is 1.05. The zero-order valence-electron chi connectivity index (χ0n) is 12.6. The van der Waals surface area contributed by atoms with E-state index in [9.17, 15) is 4.79 Å². The van der Waals surface area contributed by atoms with E-state index in [0.29, 0.717) is 17.2 Å². The Morgan fingerprint density at radius 2 is 2.26 bits per heavy atom. The van der Waals surface area contributed by atoms with Crippen LogP contribution in [0.1, 0.15) is 23.2 Å². The number of hydrogen-bond acceptors (Lipinski definition) is 4. The summed E-state index contributed by atoms with van der Waals surface area (Å²) >= 11 is 3.39. The Kier molecular flexibility index (Phi) is 5.25. The fourth-order valence-electron chi connectivity index (χ4n) is 2.47. The molecule has 5 nitrogen and oxygen atoms in total. The van der Waals surface area contributed by atoms with Gasteiger partial charge in [-0.15, -0.1) is 0 Å². The Morgan fingerprint density at radius 3 is 2.96 bits per heavy atom. The smallest absolute Gasteiger partial charge is 0.253 e. The number of amides is 1. The van der Waals surface area contributed by atoms with Crippen molar-refractivity contribution in [1.29, 1.82) is 0 Å². The predicted octanol–water partition coefficient (Wildman–Crippen LogP) is 3.12. The lowest BCUT2D eigenvalue weighted by molar-refractivity contribution is 0.0930. The van der Waals surface area contributed by atoms with E-state index in [-0.39, 0.29) is 11.9 Å². The first-order chi connectivity index (χ1) is 11.2. The lowest BCUT2D eigenvalue weighted by atomic mass is 10.1. The molecule has 1 saturated heterocycles. The normalized spacial score (nSPS) is 17.5. The lowest BCUT2D eigenvalue weighted by Crippen LogP contribution is -2.45. The summed E-state index contributed by atoms with van der Waals surface area (Å²) < 4.78 is 6.60. The molecule has 0 unspecified atom stereocenters. The summed E-state index contributed by atoms with van der Waals surface area (Å²) in [6, 6.07) is 11.1. The molecule has 2 heterocycles. The Hall–Kier alpha value is -1.92. The molecule has 0 radical (unpaired) electrons. The Labute approximate surface area is 143 Å². The highest BCUT2D eigenvalue weighted by Crippen LogP contribution is 2.22.